The number of nitrogens with one attached hydrogen (secondary N) is 1. The molecule has 0 atom stereocenters. The highest BCUT2D eigenvalue weighted by molar-refractivity contribution is 7.98. The van der Waals surface area contributed by atoms with Crippen LogP contribution in [0.2, 0.25) is 0 Å². The number of carbonyl (C=O) groups excluding carboxylic acids is 1. The van der Waals surface area contributed by atoms with Gasteiger partial charge in [0.15, 0.2) is 11.0 Å². The Morgan fingerprint density at radius 1 is 1.07 bits per heavy atom. The first-order valence-electron chi connectivity index (χ1n) is 9.50. The lowest BCUT2D eigenvalue weighted by atomic mass is 10.2. The van der Waals surface area contributed by atoms with Crippen molar-refractivity contribution in [3.8, 4) is 0 Å². The summed E-state index contributed by atoms with van der Waals surface area (Å²) < 4.78 is 2.07. The van der Waals surface area contributed by atoms with Gasteiger partial charge in [0.2, 0.25) is 0 Å². The molecule has 4 rings (SSSR count). The molecule has 0 aliphatic heterocycles. The largest absolute Gasteiger partial charge is 0.344 e. The first kappa shape index (κ1) is 20.3. The molecule has 1 N–H and O–H groups in total. The van der Waals surface area contributed by atoms with Crippen LogP contribution in [0.1, 0.15) is 32.2 Å². The van der Waals surface area contributed by atoms with E-state index in [9.17, 15) is 4.79 Å². The molecule has 3 aromatic heterocycles. The topological polar surface area (TPSA) is 72.7 Å². The molecule has 0 bridgehead atoms. The molecule has 1 amide bonds. The van der Waals surface area contributed by atoms with Gasteiger partial charge in [-0.25, -0.2) is 0 Å². The van der Waals surface area contributed by atoms with E-state index in [-0.39, 0.29) is 5.91 Å². The van der Waals surface area contributed by atoms with Crippen molar-refractivity contribution in [1.82, 2.24) is 25.1 Å². The Bertz CT molecular complexity index is 1110. The van der Waals surface area contributed by atoms with E-state index in [0.717, 1.165) is 32.7 Å². The monoisotopic (exact) mass is 435 g/mol. The van der Waals surface area contributed by atoms with Crippen molar-refractivity contribution in [2.45, 2.75) is 30.9 Å². The van der Waals surface area contributed by atoms with E-state index < -0.39 is 0 Å². The van der Waals surface area contributed by atoms with Crippen LogP contribution in [0.5, 0.6) is 0 Å². The van der Waals surface area contributed by atoms with E-state index in [2.05, 4.69) is 37.2 Å². The van der Waals surface area contributed by atoms with Gasteiger partial charge >= 0.3 is 0 Å². The summed E-state index contributed by atoms with van der Waals surface area (Å²) >= 11 is 3.07. The van der Waals surface area contributed by atoms with Crippen LogP contribution in [-0.4, -0.2) is 25.7 Å². The molecule has 1 aromatic carbocycles. The van der Waals surface area contributed by atoms with E-state index >= 15 is 0 Å². The van der Waals surface area contributed by atoms with E-state index in [1.54, 1.807) is 24.2 Å². The van der Waals surface area contributed by atoms with Crippen LogP contribution in [-0.2, 0) is 18.8 Å². The van der Waals surface area contributed by atoms with Crippen molar-refractivity contribution in [2.24, 2.45) is 0 Å². The number of benzene rings is 1. The zero-order valence-corrected chi connectivity index (χ0v) is 18.1. The maximum absolute atomic E-state index is 12.5. The third kappa shape index (κ3) is 4.95. The highest BCUT2D eigenvalue weighted by Crippen LogP contribution is 2.23. The second-order valence-electron chi connectivity index (χ2n) is 6.73. The summed E-state index contributed by atoms with van der Waals surface area (Å²) in [4.78, 5) is 17.3. The fourth-order valence-corrected chi connectivity index (χ4v) is 4.71. The summed E-state index contributed by atoms with van der Waals surface area (Å²) in [7, 11) is 0. The van der Waals surface area contributed by atoms with Gasteiger partial charge in [-0.15, -0.1) is 21.5 Å². The smallest absolute Gasteiger partial charge is 0.261 e. The molecule has 0 saturated carbocycles. The number of hydrogen-bond acceptors (Lipinski definition) is 6. The van der Waals surface area contributed by atoms with Gasteiger partial charge in [0.1, 0.15) is 0 Å². The van der Waals surface area contributed by atoms with Crippen molar-refractivity contribution in [2.75, 3.05) is 0 Å². The quantitative estimate of drug-likeness (QED) is 0.418. The highest BCUT2D eigenvalue weighted by Gasteiger charge is 2.16. The van der Waals surface area contributed by atoms with E-state index in [1.807, 2.05) is 48.7 Å². The molecule has 0 aliphatic carbocycles. The van der Waals surface area contributed by atoms with Gasteiger partial charge in [0.05, 0.1) is 18.0 Å². The lowest BCUT2D eigenvalue weighted by Crippen LogP contribution is -2.24. The third-order valence-corrected chi connectivity index (χ3v) is 6.62. The number of aromatic nitrogens is 4. The number of pyridine rings is 1. The molecule has 0 aliphatic rings. The van der Waals surface area contributed by atoms with Gasteiger partial charge in [0.25, 0.3) is 5.91 Å². The molecule has 0 spiro atoms. The maximum atomic E-state index is 12.5. The minimum Gasteiger partial charge on any atom is -0.344 e. The Morgan fingerprint density at radius 2 is 1.87 bits per heavy atom. The van der Waals surface area contributed by atoms with Crippen LogP contribution in [0.4, 0.5) is 0 Å². The van der Waals surface area contributed by atoms with Crippen molar-refractivity contribution in [1.29, 1.82) is 0 Å². The molecule has 4 aromatic rings. The van der Waals surface area contributed by atoms with Gasteiger partial charge in [-0.2, -0.15) is 0 Å². The van der Waals surface area contributed by atoms with Gasteiger partial charge in [-0.3, -0.25) is 9.78 Å². The average molecular weight is 436 g/mol. The van der Waals surface area contributed by atoms with Crippen LogP contribution >= 0.6 is 23.1 Å². The Labute approximate surface area is 183 Å². The van der Waals surface area contributed by atoms with Gasteiger partial charge in [-0.05, 0) is 47.2 Å². The molecule has 152 valence electrons. The molecule has 0 unspecified atom stereocenters. The number of aryl methyl sites for hydroxylation is 1. The molecule has 3 heterocycles. The van der Waals surface area contributed by atoms with Crippen LogP contribution in [0, 0.1) is 6.92 Å². The molecule has 0 saturated heterocycles. The minimum absolute atomic E-state index is 0.0808. The molecule has 30 heavy (non-hydrogen) atoms. The van der Waals surface area contributed by atoms with E-state index in [0.29, 0.717) is 13.1 Å². The summed E-state index contributed by atoms with van der Waals surface area (Å²) in [5.74, 6) is 1.43. The molecular weight excluding hydrogens is 414 g/mol. The van der Waals surface area contributed by atoms with Crippen LogP contribution in [0.3, 0.4) is 0 Å². The van der Waals surface area contributed by atoms with Crippen molar-refractivity contribution in [3.05, 3.63) is 93.7 Å². The fraction of sp³-hybridized carbons (Fsp3) is 0.182. The van der Waals surface area contributed by atoms with Gasteiger partial charge in [-0.1, -0.05) is 42.1 Å². The van der Waals surface area contributed by atoms with Crippen molar-refractivity contribution < 1.29 is 4.79 Å². The van der Waals surface area contributed by atoms with Crippen LogP contribution in [0.25, 0.3) is 0 Å². The zero-order chi connectivity index (χ0) is 20.8. The molecule has 8 heteroatoms. The standard InChI is InChI=1S/C22H21N5OS2/c1-16-9-12-29-20(16)21(28)24-13-19-25-26-22(30-15-18-7-10-23-11-8-18)27(19)14-17-5-3-2-4-6-17/h2-12H,13-15H2,1H3,(H,24,28). The molecule has 0 fully saturated rings. The predicted octanol–water partition coefficient (Wildman–Crippen LogP) is 4.31. The predicted molar refractivity (Wildman–Crippen MR) is 120 cm³/mol. The van der Waals surface area contributed by atoms with E-state index in [4.69, 9.17) is 0 Å². The Balaban J connectivity index is 1.52. The summed E-state index contributed by atoms with van der Waals surface area (Å²) in [6.07, 6.45) is 3.58. The number of rotatable bonds is 8. The first-order valence-corrected chi connectivity index (χ1v) is 11.4. The lowest BCUT2D eigenvalue weighted by molar-refractivity contribution is 0.0953. The zero-order valence-electron chi connectivity index (χ0n) is 16.5. The van der Waals surface area contributed by atoms with Crippen molar-refractivity contribution >= 4 is 29.0 Å². The second-order valence-corrected chi connectivity index (χ2v) is 8.59. The SMILES string of the molecule is Cc1ccsc1C(=O)NCc1nnc(SCc2ccncc2)n1Cc1ccccc1. The minimum atomic E-state index is -0.0808. The molecule has 6 nitrogen and oxygen atoms in total. The maximum Gasteiger partial charge on any atom is 0.261 e. The summed E-state index contributed by atoms with van der Waals surface area (Å²) in [5.41, 5.74) is 3.31. The van der Waals surface area contributed by atoms with Gasteiger partial charge in [0, 0.05) is 18.1 Å². The number of thiophene rings is 1. The third-order valence-electron chi connectivity index (χ3n) is 4.57. The van der Waals surface area contributed by atoms with Crippen LogP contribution in [0.15, 0.2) is 71.5 Å². The summed E-state index contributed by atoms with van der Waals surface area (Å²) in [6, 6.07) is 16.1. The fourth-order valence-electron chi connectivity index (χ4n) is 2.95. The Hall–Kier alpha value is -2.97. The molecular formula is C22H21N5OS2. The molecule has 0 radical (unpaired) electrons. The highest BCUT2D eigenvalue weighted by atomic mass is 32.2. The number of carbonyl (C=O) groups is 1. The Kier molecular flexibility index (Phi) is 6.56. The average Bonchev–Trinajstić information content (AvgIpc) is 3.38. The normalized spacial score (nSPS) is 10.8. The van der Waals surface area contributed by atoms with E-state index in [1.165, 1.54) is 16.9 Å². The van der Waals surface area contributed by atoms with Gasteiger partial charge < -0.3 is 9.88 Å². The summed E-state index contributed by atoms with van der Waals surface area (Å²) in [5, 5.41) is 14.5. The number of hydrogen-bond donors (Lipinski definition) is 1. The lowest BCUT2D eigenvalue weighted by Gasteiger charge is -2.11. The second kappa shape index (κ2) is 9.69. The number of nitrogens with zero attached hydrogens (tertiary/aromatic N) is 4. The number of amides is 1. The Morgan fingerprint density at radius 3 is 2.60 bits per heavy atom. The van der Waals surface area contributed by atoms with Crippen LogP contribution < -0.4 is 5.32 Å². The van der Waals surface area contributed by atoms with Crippen molar-refractivity contribution in [3.63, 3.8) is 0 Å². The first-order chi connectivity index (χ1) is 14.7. The summed E-state index contributed by atoms with van der Waals surface area (Å²) in [6.45, 7) is 2.92. The number of thioether (sulfide) groups is 1.